The van der Waals surface area contributed by atoms with Gasteiger partial charge in [0.15, 0.2) is 0 Å². The van der Waals surface area contributed by atoms with Crippen LogP contribution in [0.5, 0.6) is 0 Å². The van der Waals surface area contributed by atoms with E-state index in [0.29, 0.717) is 6.54 Å². The van der Waals surface area contributed by atoms with Gasteiger partial charge in [-0.2, -0.15) is 0 Å². The summed E-state index contributed by atoms with van der Waals surface area (Å²) in [7, 11) is 0. The molecule has 2 unspecified atom stereocenters. The second-order valence-corrected chi connectivity index (χ2v) is 3.82. The number of carbonyl (C=O) groups is 2. The predicted octanol–water partition coefficient (Wildman–Crippen LogP) is 0.976. The molecule has 1 rings (SSSR count). The fourth-order valence-electron chi connectivity index (χ4n) is 1.63. The number of nitrogens with zero attached hydrogens (tertiary/aromatic N) is 1. The van der Waals surface area contributed by atoms with Gasteiger partial charge < -0.3 is 4.90 Å². The van der Waals surface area contributed by atoms with Crippen molar-refractivity contribution in [2.75, 3.05) is 6.54 Å². The lowest BCUT2D eigenvalue weighted by molar-refractivity contribution is -0.125. The summed E-state index contributed by atoms with van der Waals surface area (Å²) in [4.78, 5) is 24.3. The number of terminal acetylenes is 1. The van der Waals surface area contributed by atoms with Crippen molar-refractivity contribution < 1.29 is 9.59 Å². The first-order valence-electron chi connectivity index (χ1n) is 5.17. The summed E-state index contributed by atoms with van der Waals surface area (Å²) in [6, 6.07) is -0.569. The van der Waals surface area contributed by atoms with Crippen molar-refractivity contribution in [2.45, 2.75) is 32.7 Å². The SMILES string of the molecule is C#CC(CCC)N1CC(C)C(=O)NC1=O. The Morgan fingerprint density at radius 3 is 2.87 bits per heavy atom. The third-order valence-corrected chi connectivity index (χ3v) is 2.54. The van der Waals surface area contributed by atoms with Gasteiger partial charge in [0, 0.05) is 6.54 Å². The smallest absolute Gasteiger partial charge is 0.310 e. The molecule has 3 amide bonds. The number of imide groups is 1. The molecule has 0 bridgehead atoms. The highest BCUT2D eigenvalue weighted by molar-refractivity contribution is 5.98. The molecule has 1 heterocycles. The third kappa shape index (κ3) is 2.50. The molecule has 4 nitrogen and oxygen atoms in total. The Hall–Kier alpha value is -1.50. The zero-order valence-electron chi connectivity index (χ0n) is 9.12. The molecule has 1 fully saturated rings. The summed E-state index contributed by atoms with van der Waals surface area (Å²) >= 11 is 0. The maximum Gasteiger partial charge on any atom is 0.325 e. The van der Waals surface area contributed by atoms with E-state index in [1.807, 2.05) is 6.92 Å². The molecule has 0 saturated carbocycles. The summed E-state index contributed by atoms with van der Waals surface area (Å²) in [5, 5.41) is 2.30. The molecule has 82 valence electrons. The van der Waals surface area contributed by atoms with Crippen LogP contribution in [0, 0.1) is 18.3 Å². The van der Waals surface area contributed by atoms with Crippen molar-refractivity contribution in [3.8, 4) is 12.3 Å². The van der Waals surface area contributed by atoms with Gasteiger partial charge in [-0.3, -0.25) is 10.1 Å². The molecule has 15 heavy (non-hydrogen) atoms. The summed E-state index contributed by atoms with van der Waals surface area (Å²) in [5.74, 6) is 2.19. The highest BCUT2D eigenvalue weighted by atomic mass is 16.2. The second kappa shape index (κ2) is 4.83. The number of hydrogen-bond donors (Lipinski definition) is 1. The molecule has 0 radical (unpaired) electrons. The van der Waals surface area contributed by atoms with E-state index in [4.69, 9.17) is 6.42 Å². The molecule has 1 N–H and O–H groups in total. The van der Waals surface area contributed by atoms with E-state index in [-0.39, 0.29) is 23.9 Å². The van der Waals surface area contributed by atoms with E-state index >= 15 is 0 Å². The van der Waals surface area contributed by atoms with Crippen LogP contribution in [-0.4, -0.2) is 29.4 Å². The molecular weight excluding hydrogens is 192 g/mol. The van der Waals surface area contributed by atoms with E-state index in [9.17, 15) is 9.59 Å². The first-order chi connectivity index (χ1) is 7.10. The van der Waals surface area contributed by atoms with Crippen LogP contribution in [0.2, 0.25) is 0 Å². The van der Waals surface area contributed by atoms with E-state index < -0.39 is 0 Å². The van der Waals surface area contributed by atoms with Crippen molar-refractivity contribution in [2.24, 2.45) is 5.92 Å². The lowest BCUT2D eigenvalue weighted by atomic mass is 10.1. The molecule has 1 aliphatic heterocycles. The quantitative estimate of drug-likeness (QED) is 0.703. The van der Waals surface area contributed by atoms with Gasteiger partial charge in [-0.1, -0.05) is 26.2 Å². The molecule has 0 spiro atoms. The van der Waals surface area contributed by atoms with Crippen LogP contribution < -0.4 is 5.32 Å². The molecule has 0 aromatic carbocycles. The van der Waals surface area contributed by atoms with E-state index in [0.717, 1.165) is 12.8 Å². The van der Waals surface area contributed by atoms with Gasteiger partial charge in [0.1, 0.15) is 0 Å². The van der Waals surface area contributed by atoms with Gasteiger partial charge in [0.05, 0.1) is 12.0 Å². The van der Waals surface area contributed by atoms with Crippen LogP contribution >= 0.6 is 0 Å². The number of amides is 3. The Morgan fingerprint density at radius 1 is 1.67 bits per heavy atom. The van der Waals surface area contributed by atoms with Crippen molar-refractivity contribution in [1.29, 1.82) is 0 Å². The molecule has 1 saturated heterocycles. The van der Waals surface area contributed by atoms with Gasteiger partial charge in [-0.25, -0.2) is 4.79 Å². The number of carbonyl (C=O) groups excluding carboxylic acids is 2. The van der Waals surface area contributed by atoms with Crippen LogP contribution in [0.1, 0.15) is 26.7 Å². The highest BCUT2D eigenvalue weighted by Gasteiger charge is 2.32. The Bertz CT molecular complexity index is 306. The Balaban J connectivity index is 2.72. The minimum absolute atomic E-state index is 0.185. The van der Waals surface area contributed by atoms with Crippen molar-refractivity contribution in [3.05, 3.63) is 0 Å². The number of urea groups is 1. The second-order valence-electron chi connectivity index (χ2n) is 3.82. The molecule has 2 atom stereocenters. The third-order valence-electron chi connectivity index (χ3n) is 2.54. The minimum Gasteiger partial charge on any atom is -0.310 e. The Labute approximate surface area is 90.0 Å². The first-order valence-corrected chi connectivity index (χ1v) is 5.17. The molecule has 0 aliphatic carbocycles. The summed E-state index contributed by atoms with van der Waals surface area (Å²) in [6.45, 7) is 4.22. The largest absolute Gasteiger partial charge is 0.325 e. The number of nitrogens with one attached hydrogen (secondary N) is 1. The summed E-state index contributed by atoms with van der Waals surface area (Å²) in [6.07, 6.45) is 7.06. The van der Waals surface area contributed by atoms with Crippen LogP contribution in [0.4, 0.5) is 4.79 Å². The standard InChI is InChI=1S/C11H16N2O2/c1-4-6-9(5-2)13-7-8(3)10(14)12-11(13)15/h2,8-9H,4,6-7H2,1,3H3,(H,12,14,15). The molecule has 0 aromatic heterocycles. The maximum absolute atomic E-state index is 11.5. The maximum atomic E-state index is 11.5. The topological polar surface area (TPSA) is 49.4 Å². The average molecular weight is 208 g/mol. The zero-order valence-corrected chi connectivity index (χ0v) is 9.12. The van der Waals surface area contributed by atoms with Gasteiger partial charge in [-0.05, 0) is 6.42 Å². The predicted molar refractivity (Wildman–Crippen MR) is 56.9 cm³/mol. The van der Waals surface area contributed by atoms with E-state index in [1.54, 1.807) is 11.8 Å². The molecule has 1 aliphatic rings. The highest BCUT2D eigenvalue weighted by Crippen LogP contribution is 2.13. The van der Waals surface area contributed by atoms with E-state index in [1.165, 1.54) is 0 Å². The fourth-order valence-corrected chi connectivity index (χ4v) is 1.63. The summed E-state index contributed by atoms with van der Waals surface area (Å²) in [5.41, 5.74) is 0. The molecular formula is C11H16N2O2. The van der Waals surface area contributed by atoms with Crippen LogP contribution in [-0.2, 0) is 4.79 Å². The van der Waals surface area contributed by atoms with Crippen LogP contribution in [0.25, 0.3) is 0 Å². The van der Waals surface area contributed by atoms with Gasteiger partial charge in [-0.15, -0.1) is 6.42 Å². The Morgan fingerprint density at radius 2 is 2.33 bits per heavy atom. The van der Waals surface area contributed by atoms with Crippen LogP contribution in [0.15, 0.2) is 0 Å². The van der Waals surface area contributed by atoms with Crippen LogP contribution in [0.3, 0.4) is 0 Å². The van der Waals surface area contributed by atoms with Crippen molar-refractivity contribution in [3.63, 3.8) is 0 Å². The first kappa shape index (κ1) is 11.6. The van der Waals surface area contributed by atoms with Gasteiger partial charge in [0.2, 0.25) is 5.91 Å². The lowest BCUT2D eigenvalue weighted by Crippen LogP contribution is -2.56. The Kier molecular flexibility index (Phi) is 3.73. The monoisotopic (exact) mass is 208 g/mol. The normalized spacial score (nSPS) is 23.3. The van der Waals surface area contributed by atoms with Crippen molar-refractivity contribution >= 4 is 11.9 Å². The number of hydrogen-bond acceptors (Lipinski definition) is 2. The van der Waals surface area contributed by atoms with E-state index in [2.05, 4.69) is 11.2 Å². The summed E-state index contributed by atoms with van der Waals surface area (Å²) < 4.78 is 0. The fraction of sp³-hybridized carbons (Fsp3) is 0.636. The molecule has 4 heteroatoms. The zero-order chi connectivity index (χ0) is 11.4. The average Bonchev–Trinajstić information content (AvgIpc) is 2.20. The van der Waals surface area contributed by atoms with Crippen molar-refractivity contribution in [1.82, 2.24) is 10.2 Å². The van der Waals surface area contributed by atoms with Gasteiger partial charge >= 0.3 is 6.03 Å². The lowest BCUT2D eigenvalue weighted by Gasteiger charge is -2.34. The molecule has 0 aromatic rings. The minimum atomic E-state index is -0.366. The number of rotatable bonds is 3. The van der Waals surface area contributed by atoms with Gasteiger partial charge in [0.25, 0.3) is 0 Å².